The molecule has 86 valence electrons. The van der Waals surface area contributed by atoms with Crippen LogP contribution in [-0.2, 0) is 4.74 Å². The zero-order valence-electron chi connectivity index (χ0n) is 9.42. The highest BCUT2D eigenvalue weighted by Crippen LogP contribution is 2.40. The average molecular weight is 228 g/mol. The minimum Gasteiger partial charge on any atom is -0.458 e. The van der Waals surface area contributed by atoms with Gasteiger partial charge in [0.15, 0.2) is 11.9 Å². The Morgan fingerprint density at radius 3 is 2.53 bits per heavy atom. The van der Waals surface area contributed by atoms with Gasteiger partial charge in [-0.3, -0.25) is 4.79 Å². The van der Waals surface area contributed by atoms with Crippen molar-refractivity contribution in [3.05, 3.63) is 59.5 Å². The van der Waals surface area contributed by atoms with E-state index in [9.17, 15) is 4.79 Å². The van der Waals surface area contributed by atoms with Crippen molar-refractivity contribution in [2.45, 2.75) is 19.1 Å². The normalized spacial score (nSPS) is 22.4. The van der Waals surface area contributed by atoms with Crippen LogP contribution in [0.25, 0.3) is 0 Å². The number of ketones is 1. The number of benzene rings is 1. The molecule has 0 aliphatic carbocycles. The van der Waals surface area contributed by atoms with E-state index < -0.39 is 0 Å². The molecule has 0 radical (unpaired) electrons. The number of furan rings is 1. The Hall–Kier alpha value is -1.87. The van der Waals surface area contributed by atoms with E-state index >= 15 is 0 Å². The first-order valence-electron chi connectivity index (χ1n) is 5.57. The summed E-state index contributed by atoms with van der Waals surface area (Å²) < 4.78 is 10.7. The van der Waals surface area contributed by atoms with E-state index in [1.807, 2.05) is 37.3 Å². The minimum absolute atomic E-state index is 0.0769. The molecular formula is C14H12O3. The van der Waals surface area contributed by atoms with Crippen LogP contribution in [0.3, 0.4) is 0 Å². The molecule has 17 heavy (non-hydrogen) atoms. The largest absolute Gasteiger partial charge is 0.458 e. The third-order valence-electron chi connectivity index (χ3n) is 2.86. The molecule has 0 saturated carbocycles. The monoisotopic (exact) mass is 228 g/mol. The molecule has 0 bridgehead atoms. The van der Waals surface area contributed by atoms with Gasteiger partial charge in [0.2, 0.25) is 5.78 Å². The van der Waals surface area contributed by atoms with E-state index in [0.29, 0.717) is 5.76 Å². The second kappa shape index (κ2) is 3.86. The SMILES string of the molecule is Cc1ccc(C(=O)[C@@H]2O[C@H]2c2ccccc2)o1. The smallest absolute Gasteiger partial charge is 0.229 e. The van der Waals surface area contributed by atoms with Crippen molar-refractivity contribution in [1.29, 1.82) is 0 Å². The molecule has 1 fully saturated rings. The molecule has 2 atom stereocenters. The average Bonchev–Trinajstić information content (AvgIpc) is 3.05. The first kappa shape index (κ1) is 10.3. The third-order valence-corrected chi connectivity index (χ3v) is 2.86. The molecule has 1 aromatic carbocycles. The van der Waals surface area contributed by atoms with Gasteiger partial charge in [0, 0.05) is 0 Å². The number of hydrogen-bond donors (Lipinski definition) is 0. The molecule has 2 aromatic rings. The molecule has 3 rings (SSSR count). The highest BCUT2D eigenvalue weighted by atomic mass is 16.6. The third kappa shape index (κ3) is 1.89. The summed E-state index contributed by atoms with van der Waals surface area (Å²) in [6, 6.07) is 13.2. The van der Waals surface area contributed by atoms with Crippen LogP contribution < -0.4 is 0 Å². The molecule has 2 heterocycles. The van der Waals surface area contributed by atoms with E-state index in [2.05, 4.69) is 0 Å². The Kier molecular flexibility index (Phi) is 2.34. The van der Waals surface area contributed by atoms with Crippen LogP contribution in [0.15, 0.2) is 46.9 Å². The Bertz CT molecular complexity index is 542. The van der Waals surface area contributed by atoms with Crippen LogP contribution in [0, 0.1) is 6.92 Å². The number of aryl methyl sites for hydroxylation is 1. The van der Waals surface area contributed by atoms with Gasteiger partial charge in [-0.1, -0.05) is 30.3 Å². The summed E-state index contributed by atoms with van der Waals surface area (Å²) in [6.45, 7) is 1.82. The second-order valence-corrected chi connectivity index (χ2v) is 4.16. The lowest BCUT2D eigenvalue weighted by Gasteiger charge is -1.94. The first-order valence-corrected chi connectivity index (χ1v) is 5.57. The standard InChI is InChI=1S/C14H12O3/c1-9-7-8-11(16-9)12(15)14-13(17-14)10-5-3-2-4-6-10/h2-8,13-14H,1H3/t13-,14-/m0/s1. The second-order valence-electron chi connectivity index (χ2n) is 4.16. The number of carbonyl (C=O) groups is 1. The van der Waals surface area contributed by atoms with Crippen LogP contribution in [0.2, 0.25) is 0 Å². The van der Waals surface area contributed by atoms with E-state index in [4.69, 9.17) is 9.15 Å². The van der Waals surface area contributed by atoms with Gasteiger partial charge in [0.1, 0.15) is 11.9 Å². The van der Waals surface area contributed by atoms with Gasteiger partial charge in [-0.15, -0.1) is 0 Å². The lowest BCUT2D eigenvalue weighted by atomic mass is 10.1. The van der Waals surface area contributed by atoms with E-state index in [0.717, 1.165) is 11.3 Å². The molecule has 1 aliphatic heterocycles. The maximum atomic E-state index is 12.0. The lowest BCUT2D eigenvalue weighted by Crippen LogP contribution is -2.06. The van der Waals surface area contributed by atoms with Gasteiger partial charge in [0.05, 0.1) is 0 Å². The fourth-order valence-electron chi connectivity index (χ4n) is 1.92. The minimum atomic E-state index is -0.386. The van der Waals surface area contributed by atoms with Crippen molar-refractivity contribution in [3.8, 4) is 0 Å². The van der Waals surface area contributed by atoms with Crippen molar-refractivity contribution in [3.63, 3.8) is 0 Å². The number of Topliss-reactive ketones (excluding diaryl/α,β-unsaturated/α-hetero) is 1. The molecular weight excluding hydrogens is 216 g/mol. The number of rotatable bonds is 3. The summed E-state index contributed by atoms with van der Waals surface area (Å²) in [5.74, 6) is 1.04. The van der Waals surface area contributed by atoms with Crippen LogP contribution in [-0.4, -0.2) is 11.9 Å². The maximum Gasteiger partial charge on any atom is 0.229 e. The molecule has 3 nitrogen and oxygen atoms in total. The number of carbonyl (C=O) groups excluding carboxylic acids is 1. The number of ether oxygens (including phenoxy) is 1. The molecule has 0 amide bonds. The van der Waals surface area contributed by atoms with Crippen molar-refractivity contribution < 1.29 is 13.9 Å². The first-order chi connectivity index (χ1) is 8.25. The van der Waals surface area contributed by atoms with Crippen molar-refractivity contribution in [1.82, 2.24) is 0 Å². The molecule has 0 spiro atoms. The highest BCUT2D eigenvalue weighted by molar-refractivity contribution is 5.99. The van der Waals surface area contributed by atoms with Crippen LogP contribution in [0.5, 0.6) is 0 Å². The predicted octanol–water partition coefficient (Wildman–Crippen LogP) is 2.91. The molecule has 1 saturated heterocycles. The maximum absolute atomic E-state index is 12.0. The fourth-order valence-corrected chi connectivity index (χ4v) is 1.92. The summed E-state index contributed by atoms with van der Waals surface area (Å²) in [5.41, 5.74) is 1.04. The summed E-state index contributed by atoms with van der Waals surface area (Å²) in [5, 5.41) is 0. The van der Waals surface area contributed by atoms with Crippen molar-refractivity contribution in [2.24, 2.45) is 0 Å². The fraction of sp³-hybridized carbons (Fsp3) is 0.214. The Labute approximate surface area is 99.0 Å². The molecule has 1 aliphatic rings. The van der Waals surface area contributed by atoms with Crippen LogP contribution in [0.1, 0.15) is 28.0 Å². The Morgan fingerprint density at radius 2 is 1.88 bits per heavy atom. The number of hydrogen-bond acceptors (Lipinski definition) is 3. The molecule has 3 heteroatoms. The lowest BCUT2D eigenvalue weighted by molar-refractivity contribution is 0.0925. The molecule has 1 aromatic heterocycles. The van der Waals surface area contributed by atoms with Crippen LogP contribution >= 0.6 is 0 Å². The zero-order valence-corrected chi connectivity index (χ0v) is 9.42. The van der Waals surface area contributed by atoms with Gasteiger partial charge < -0.3 is 9.15 Å². The van der Waals surface area contributed by atoms with Gasteiger partial charge >= 0.3 is 0 Å². The van der Waals surface area contributed by atoms with Gasteiger partial charge in [-0.2, -0.15) is 0 Å². The van der Waals surface area contributed by atoms with Crippen molar-refractivity contribution >= 4 is 5.78 Å². The zero-order chi connectivity index (χ0) is 11.8. The van der Waals surface area contributed by atoms with E-state index in [-0.39, 0.29) is 18.0 Å². The Balaban J connectivity index is 1.75. The van der Waals surface area contributed by atoms with E-state index in [1.54, 1.807) is 12.1 Å². The topological polar surface area (TPSA) is 42.7 Å². The predicted molar refractivity (Wildman–Crippen MR) is 61.8 cm³/mol. The van der Waals surface area contributed by atoms with Crippen molar-refractivity contribution in [2.75, 3.05) is 0 Å². The summed E-state index contributed by atoms with van der Waals surface area (Å²) in [7, 11) is 0. The van der Waals surface area contributed by atoms with Gasteiger partial charge in [-0.05, 0) is 24.6 Å². The van der Waals surface area contributed by atoms with Crippen LogP contribution in [0.4, 0.5) is 0 Å². The molecule has 0 unspecified atom stereocenters. The molecule has 0 N–H and O–H groups in total. The quantitative estimate of drug-likeness (QED) is 0.599. The summed E-state index contributed by atoms with van der Waals surface area (Å²) >= 11 is 0. The number of epoxide rings is 1. The van der Waals surface area contributed by atoms with E-state index in [1.165, 1.54) is 0 Å². The summed E-state index contributed by atoms with van der Waals surface area (Å²) in [6.07, 6.45) is -0.503. The van der Waals surface area contributed by atoms with Gasteiger partial charge in [0.25, 0.3) is 0 Å². The Morgan fingerprint density at radius 1 is 1.12 bits per heavy atom. The van der Waals surface area contributed by atoms with Gasteiger partial charge in [-0.25, -0.2) is 0 Å². The highest BCUT2D eigenvalue weighted by Gasteiger charge is 2.47. The summed E-state index contributed by atoms with van der Waals surface area (Å²) in [4.78, 5) is 12.0.